The Balaban J connectivity index is 1.50. The van der Waals surface area contributed by atoms with Gasteiger partial charge in [-0.25, -0.2) is 0 Å². The molecule has 1 N–H and O–H groups in total. The summed E-state index contributed by atoms with van der Waals surface area (Å²) in [6, 6.07) is 15.1. The van der Waals surface area contributed by atoms with Crippen molar-refractivity contribution in [2.24, 2.45) is 0 Å². The Morgan fingerprint density at radius 3 is 2.70 bits per heavy atom. The van der Waals surface area contributed by atoms with E-state index in [9.17, 15) is 9.59 Å². The molecule has 0 atom stereocenters. The van der Waals surface area contributed by atoms with Gasteiger partial charge >= 0.3 is 0 Å². The molecule has 27 heavy (non-hydrogen) atoms. The van der Waals surface area contributed by atoms with Crippen LogP contribution in [0.25, 0.3) is 10.6 Å². The van der Waals surface area contributed by atoms with Crippen molar-refractivity contribution in [1.82, 2.24) is 10.2 Å². The van der Waals surface area contributed by atoms with Crippen LogP contribution in [0.2, 0.25) is 0 Å². The van der Waals surface area contributed by atoms with E-state index in [1.54, 1.807) is 23.1 Å². The first-order valence-electron chi connectivity index (χ1n) is 8.72. The number of aryl methyl sites for hydroxylation is 1. The van der Waals surface area contributed by atoms with Gasteiger partial charge in [0.1, 0.15) is 5.01 Å². The number of anilines is 2. The van der Waals surface area contributed by atoms with Gasteiger partial charge in [-0.2, -0.15) is 0 Å². The van der Waals surface area contributed by atoms with E-state index in [0.29, 0.717) is 23.7 Å². The Morgan fingerprint density at radius 2 is 1.96 bits per heavy atom. The van der Waals surface area contributed by atoms with Gasteiger partial charge in [-0.3, -0.25) is 14.9 Å². The summed E-state index contributed by atoms with van der Waals surface area (Å²) in [6.45, 7) is 2.72. The summed E-state index contributed by atoms with van der Waals surface area (Å²) in [5.41, 5.74) is 3.38. The molecule has 2 amide bonds. The van der Waals surface area contributed by atoms with E-state index < -0.39 is 0 Å². The number of hydrogen-bond acceptors (Lipinski definition) is 5. The highest BCUT2D eigenvalue weighted by Gasteiger charge is 2.22. The number of carbonyl (C=O) groups excluding carboxylic acids is 2. The SMILES string of the molecule is Cc1ccc(-c2nnc(NC(=O)c3cccc(N4CCCC4=O)c3)s2)cc1. The lowest BCUT2D eigenvalue weighted by Crippen LogP contribution is -2.24. The van der Waals surface area contributed by atoms with E-state index in [1.165, 1.54) is 16.9 Å². The Labute approximate surface area is 160 Å². The second-order valence-electron chi connectivity index (χ2n) is 6.43. The third kappa shape index (κ3) is 3.73. The standard InChI is InChI=1S/C20H18N4O2S/c1-13-7-9-14(10-8-13)19-22-23-20(27-19)21-18(26)15-4-2-5-16(12-15)24-11-3-6-17(24)25/h2,4-5,7-10,12H,3,6,11H2,1H3,(H,21,23,26). The molecule has 4 rings (SSSR count). The maximum atomic E-state index is 12.6. The Morgan fingerprint density at radius 1 is 1.15 bits per heavy atom. The van der Waals surface area contributed by atoms with Gasteiger partial charge in [-0.05, 0) is 31.5 Å². The molecule has 1 aromatic heterocycles. The maximum absolute atomic E-state index is 12.6. The largest absolute Gasteiger partial charge is 0.312 e. The van der Waals surface area contributed by atoms with Crippen LogP contribution in [0.15, 0.2) is 48.5 Å². The lowest BCUT2D eigenvalue weighted by molar-refractivity contribution is -0.117. The van der Waals surface area contributed by atoms with Crippen LogP contribution in [0.4, 0.5) is 10.8 Å². The van der Waals surface area contributed by atoms with Crippen LogP contribution in [0.3, 0.4) is 0 Å². The molecule has 0 aliphatic carbocycles. The first-order chi connectivity index (χ1) is 13.1. The van der Waals surface area contributed by atoms with Gasteiger partial charge in [0.25, 0.3) is 5.91 Å². The molecule has 1 aliphatic heterocycles. The van der Waals surface area contributed by atoms with E-state index >= 15 is 0 Å². The molecular formula is C20H18N4O2S. The fourth-order valence-electron chi connectivity index (χ4n) is 2.99. The second-order valence-corrected chi connectivity index (χ2v) is 7.41. The lowest BCUT2D eigenvalue weighted by Gasteiger charge is -2.16. The second kappa shape index (κ2) is 7.28. The highest BCUT2D eigenvalue weighted by atomic mass is 32.1. The van der Waals surface area contributed by atoms with Crippen molar-refractivity contribution in [3.05, 3.63) is 59.7 Å². The minimum atomic E-state index is -0.268. The van der Waals surface area contributed by atoms with Crippen LogP contribution < -0.4 is 10.2 Å². The van der Waals surface area contributed by atoms with Crippen LogP contribution in [-0.4, -0.2) is 28.6 Å². The minimum absolute atomic E-state index is 0.0967. The molecule has 0 bridgehead atoms. The van der Waals surface area contributed by atoms with Crippen LogP contribution in [0, 0.1) is 6.92 Å². The summed E-state index contributed by atoms with van der Waals surface area (Å²) < 4.78 is 0. The van der Waals surface area contributed by atoms with Crippen molar-refractivity contribution in [3.63, 3.8) is 0 Å². The zero-order chi connectivity index (χ0) is 18.8. The average Bonchev–Trinajstić information content (AvgIpc) is 3.31. The summed E-state index contributed by atoms with van der Waals surface area (Å²) in [4.78, 5) is 26.2. The summed E-state index contributed by atoms with van der Waals surface area (Å²) in [7, 11) is 0. The summed E-state index contributed by atoms with van der Waals surface area (Å²) >= 11 is 1.33. The van der Waals surface area contributed by atoms with Gasteiger partial charge in [0.2, 0.25) is 11.0 Å². The molecule has 1 aliphatic rings. The molecule has 0 spiro atoms. The molecule has 136 valence electrons. The Hall–Kier alpha value is -3.06. The first kappa shape index (κ1) is 17.4. The third-order valence-corrected chi connectivity index (χ3v) is 5.33. The number of amides is 2. The van der Waals surface area contributed by atoms with Crippen LogP contribution >= 0.6 is 11.3 Å². The number of benzene rings is 2. The van der Waals surface area contributed by atoms with Crippen molar-refractivity contribution in [1.29, 1.82) is 0 Å². The monoisotopic (exact) mass is 378 g/mol. The smallest absolute Gasteiger partial charge is 0.257 e. The minimum Gasteiger partial charge on any atom is -0.312 e. The number of hydrogen-bond donors (Lipinski definition) is 1. The fraction of sp³-hybridized carbons (Fsp3) is 0.200. The quantitative estimate of drug-likeness (QED) is 0.747. The van der Waals surface area contributed by atoms with E-state index in [-0.39, 0.29) is 11.8 Å². The summed E-state index contributed by atoms with van der Waals surface area (Å²) in [6.07, 6.45) is 1.41. The van der Waals surface area contributed by atoms with Crippen LogP contribution in [0.1, 0.15) is 28.8 Å². The van der Waals surface area contributed by atoms with E-state index in [4.69, 9.17) is 0 Å². The highest BCUT2D eigenvalue weighted by molar-refractivity contribution is 7.18. The van der Waals surface area contributed by atoms with E-state index in [1.807, 2.05) is 37.3 Å². The van der Waals surface area contributed by atoms with Gasteiger partial charge in [0.05, 0.1) is 0 Å². The first-order valence-corrected chi connectivity index (χ1v) is 9.54. The summed E-state index contributed by atoms with van der Waals surface area (Å²) in [5, 5.41) is 12.2. The summed E-state index contributed by atoms with van der Waals surface area (Å²) in [5.74, 6) is -0.172. The van der Waals surface area contributed by atoms with E-state index in [2.05, 4.69) is 15.5 Å². The van der Waals surface area contributed by atoms with Crippen molar-refractivity contribution in [2.75, 3.05) is 16.8 Å². The molecule has 7 heteroatoms. The fourth-order valence-corrected chi connectivity index (χ4v) is 3.74. The average molecular weight is 378 g/mol. The molecule has 2 aromatic carbocycles. The number of nitrogens with zero attached hydrogens (tertiary/aromatic N) is 3. The Kier molecular flexibility index (Phi) is 4.68. The van der Waals surface area contributed by atoms with Gasteiger partial charge in [0.15, 0.2) is 0 Å². The van der Waals surface area contributed by atoms with Crippen LogP contribution in [-0.2, 0) is 4.79 Å². The number of rotatable bonds is 4. The number of aromatic nitrogens is 2. The zero-order valence-electron chi connectivity index (χ0n) is 14.8. The molecule has 2 heterocycles. The predicted molar refractivity (Wildman–Crippen MR) is 106 cm³/mol. The van der Waals surface area contributed by atoms with Gasteiger partial charge in [-0.15, -0.1) is 10.2 Å². The van der Waals surface area contributed by atoms with Crippen molar-refractivity contribution < 1.29 is 9.59 Å². The molecule has 3 aromatic rings. The van der Waals surface area contributed by atoms with Crippen molar-refractivity contribution >= 4 is 34.0 Å². The molecule has 0 radical (unpaired) electrons. The molecule has 1 fully saturated rings. The highest BCUT2D eigenvalue weighted by Crippen LogP contribution is 2.27. The van der Waals surface area contributed by atoms with Crippen molar-refractivity contribution in [2.45, 2.75) is 19.8 Å². The maximum Gasteiger partial charge on any atom is 0.257 e. The molecule has 0 unspecified atom stereocenters. The van der Waals surface area contributed by atoms with Gasteiger partial charge in [-0.1, -0.05) is 47.2 Å². The normalized spacial score (nSPS) is 13.8. The number of nitrogens with one attached hydrogen (secondary N) is 1. The molecule has 0 saturated carbocycles. The molecular weight excluding hydrogens is 360 g/mol. The van der Waals surface area contributed by atoms with E-state index in [0.717, 1.165) is 22.7 Å². The predicted octanol–water partition coefficient (Wildman–Crippen LogP) is 3.89. The Bertz CT molecular complexity index is 997. The number of carbonyl (C=O) groups is 2. The van der Waals surface area contributed by atoms with Gasteiger partial charge < -0.3 is 4.90 Å². The lowest BCUT2D eigenvalue weighted by atomic mass is 10.2. The molecule has 1 saturated heterocycles. The van der Waals surface area contributed by atoms with Gasteiger partial charge in [0, 0.05) is 29.8 Å². The topological polar surface area (TPSA) is 75.2 Å². The van der Waals surface area contributed by atoms with Crippen molar-refractivity contribution in [3.8, 4) is 10.6 Å². The zero-order valence-corrected chi connectivity index (χ0v) is 15.6. The third-order valence-electron chi connectivity index (χ3n) is 4.44. The van der Waals surface area contributed by atoms with Crippen LogP contribution in [0.5, 0.6) is 0 Å². The molecule has 6 nitrogen and oxygen atoms in total.